The van der Waals surface area contributed by atoms with E-state index in [1.54, 1.807) is 0 Å². The van der Waals surface area contributed by atoms with Crippen LogP contribution in [0.15, 0.2) is 0 Å². The number of rotatable bonds is 1. The molecule has 0 aromatic carbocycles. The quantitative estimate of drug-likeness (QED) is 0.790. The highest BCUT2D eigenvalue weighted by Crippen LogP contribution is 2.31. The smallest absolute Gasteiger partial charge is 0.226 e. The van der Waals surface area contributed by atoms with Gasteiger partial charge in [-0.25, -0.2) is 0 Å². The summed E-state index contributed by atoms with van der Waals surface area (Å²) in [7, 11) is 0. The average Bonchev–Trinajstić information content (AvgIpc) is 2.78. The minimum absolute atomic E-state index is 0.173. The van der Waals surface area contributed by atoms with E-state index in [-0.39, 0.29) is 12.0 Å². The third kappa shape index (κ3) is 2.73. The number of carbonyl (C=O) groups excluding carboxylic acids is 1. The molecule has 0 spiro atoms. The molecule has 2 N–H and O–H groups in total. The van der Waals surface area contributed by atoms with E-state index in [1.807, 2.05) is 0 Å². The van der Waals surface area contributed by atoms with Crippen molar-refractivity contribution in [2.45, 2.75) is 57.5 Å². The Morgan fingerprint density at radius 3 is 2.70 bits per heavy atom. The maximum atomic E-state index is 12.9. The number of fused-ring (bicyclic) bond motifs is 1. The first-order valence-electron chi connectivity index (χ1n) is 8.45. The van der Waals surface area contributed by atoms with Crippen molar-refractivity contribution in [1.29, 1.82) is 0 Å². The van der Waals surface area contributed by atoms with E-state index in [9.17, 15) is 4.79 Å². The van der Waals surface area contributed by atoms with E-state index in [0.717, 1.165) is 38.8 Å². The number of hydrogen-bond acceptors (Lipinski definition) is 3. The molecule has 4 unspecified atom stereocenters. The molecule has 20 heavy (non-hydrogen) atoms. The molecule has 0 bridgehead atoms. The second kappa shape index (κ2) is 6.02. The van der Waals surface area contributed by atoms with Gasteiger partial charge >= 0.3 is 0 Å². The lowest BCUT2D eigenvalue weighted by Crippen LogP contribution is -2.48. The van der Waals surface area contributed by atoms with Crippen molar-refractivity contribution >= 4 is 5.91 Å². The van der Waals surface area contributed by atoms with Crippen molar-refractivity contribution in [2.24, 2.45) is 17.6 Å². The Kier molecular flexibility index (Phi) is 4.32. The molecule has 0 aromatic rings. The molecular weight excluding hydrogens is 250 g/mol. The Morgan fingerprint density at radius 2 is 1.85 bits per heavy atom. The van der Waals surface area contributed by atoms with Gasteiger partial charge in [-0.05, 0) is 44.6 Å². The van der Waals surface area contributed by atoms with Crippen molar-refractivity contribution in [2.75, 3.05) is 26.2 Å². The second-order valence-corrected chi connectivity index (χ2v) is 7.03. The van der Waals surface area contributed by atoms with Crippen LogP contribution in [0.5, 0.6) is 0 Å². The highest BCUT2D eigenvalue weighted by atomic mass is 16.2. The van der Waals surface area contributed by atoms with E-state index >= 15 is 0 Å². The first kappa shape index (κ1) is 14.3. The largest absolute Gasteiger partial charge is 0.341 e. The highest BCUT2D eigenvalue weighted by Gasteiger charge is 2.37. The third-order valence-corrected chi connectivity index (χ3v) is 5.80. The van der Waals surface area contributed by atoms with Crippen molar-refractivity contribution < 1.29 is 4.79 Å². The predicted molar refractivity (Wildman–Crippen MR) is 80.3 cm³/mol. The monoisotopic (exact) mass is 279 g/mol. The molecule has 114 valence electrons. The van der Waals surface area contributed by atoms with Crippen LogP contribution in [0.1, 0.15) is 45.4 Å². The highest BCUT2D eigenvalue weighted by molar-refractivity contribution is 5.79. The summed E-state index contributed by atoms with van der Waals surface area (Å²) >= 11 is 0. The van der Waals surface area contributed by atoms with Gasteiger partial charge in [-0.15, -0.1) is 0 Å². The summed E-state index contributed by atoms with van der Waals surface area (Å²) in [6, 6.07) is 0.835. The van der Waals surface area contributed by atoms with Gasteiger partial charge in [0.05, 0.1) is 0 Å². The molecule has 4 nitrogen and oxygen atoms in total. The van der Waals surface area contributed by atoms with Gasteiger partial charge in [-0.3, -0.25) is 9.69 Å². The number of nitrogens with two attached hydrogens (primary N) is 1. The van der Waals surface area contributed by atoms with Gasteiger partial charge in [0.2, 0.25) is 5.91 Å². The molecule has 3 aliphatic rings. The van der Waals surface area contributed by atoms with Crippen molar-refractivity contribution in [3.63, 3.8) is 0 Å². The zero-order valence-electron chi connectivity index (χ0n) is 12.8. The molecule has 4 heteroatoms. The van der Waals surface area contributed by atoms with Crippen LogP contribution < -0.4 is 5.73 Å². The summed E-state index contributed by atoms with van der Waals surface area (Å²) < 4.78 is 0. The van der Waals surface area contributed by atoms with Crippen LogP contribution in [0.3, 0.4) is 0 Å². The van der Waals surface area contributed by atoms with Gasteiger partial charge in [0.15, 0.2) is 0 Å². The van der Waals surface area contributed by atoms with Gasteiger partial charge in [-0.2, -0.15) is 0 Å². The third-order valence-electron chi connectivity index (χ3n) is 5.80. The summed E-state index contributed by atoms with van der Waals surface area (Å²) in [5, 5.41) is 0. The Balaban J connectivity index is 1.66. The first-order chi connectivity index (χ1) is 9.66. The summed E-state index contributed by atoms with van der Waals surface area (Å²) in [6.45, 7) is 6.49. The Bertz CT molecular complexity index is 360. The molecule has 1 amide bonds. The number of hydrogen-bond donors (Lipinski definition) is 1. The van der Waals surface area contributed by atoms with Gasteiger partial charge in [0, 0.05) is 37.6 Å². The van der Waals surface area contributed by atoms with Gasteiger partial charge < -0.3 is 10.6 Å². The fraction of sp³-hybridized carbons (Fsp3) is 0.938. The molecule has 2 heterocycles. The van der Waals surface area contributed by atoms with E-state index in [2.05, 4.69) is 16.7 Å². The molecule has 2 aliphatic heterocycles. The second-order valence-electron chi connectivity index (χ2n) is 7.03. The summed E-state index contributed by atoms with van der Waals surface area (Å²) in [6.07, 6.45) is 6.95. The molecule has 0 aromatic heterocycles. The first-order valence-corrected chi connectivity index (χ1v) is 8.45. The Hall–Kier alpha value is -0.610. The zero-order valence-corrected chi connectivity index (χ0v) is 12.8. The maximum absolute atomic E-state index is 12.9. The minimum Gasteiger partial charge on any atom is -0.341 e. The van der Waals surface area contributed by atoms with Crippen LogP contribution in [-0.2, 0) is 4.79 Å². The lowest BCUT2D eigenvalue weighted by Gasteiger charge is -2.36. The van der Waals surface area contributed by atoms with E-state index in [1.165, 1.54) is 25.9 Å². The molecular formula is C16H29N3O. The summed E-state index contributed by atoms with van der Waals surface area (Å²) in [4.78, 5) is 17.7. The minimum atomic E-state index is 0.173. The van der Waals surface area contributed by atoms with E-state index in [4.69, 9.17) is 5.73 Å². The number of carbonyl (C=O) groups is 1. The van der Waals surface area contributed by atoms with Crippen molar-refractivity contribution in [3.05, 3.63) is 0 Å². The van der Waals surface area contributed by atoms with Gasteiger partial charge in [0.25, 0.3) is 0 Å². The van der Waals surface area contributed by atoms with E-state index in [0.29, 0.717) is 17.9 Å². The van der Waals surface area contributed by atoms with Gasteiger partial charge in [0.1, 0.15) is 0 Å². The van der Waals surface area contributed by atoms with Crippen molar-refractivity contribution in [3.8, 4) is 0 Å². The maximum Gasteiger partial charge on any atom is 0.226 e. The summed E-state index contributed by atoms with van der Waals surface area (Å²) in [5.74, 6) is 0.910. The molecule has 2 saturated heterocycles. The van der Waals surface area contributed by atoms with Crippen LogP contribution in [0, 0.1) is 11.8 Å². The Morgan fingerprint density at radius 1 is 1.05 bits per heavy atom. The Labute approximate surface area is 122 Å². The van der Waals surface area contributed by atoms with Crippen LogP contribution in [-0.4, -0.2) is 54.0 Å². The van der Waals surface area contributed by atoms with Crippen LogP contribution in [0.4, 0.5) is 0 Å². The normalized spacial score (nSPS) is 39.4. The predicted octanol–water partition coefficient (Wildman–Crippen LogP) is 1.45. The molecule has 4 atom stereocenters. The lowest BCUT2D eigenvalue weighted by molar-refractivity contribution is -0.138. The summed E-state index contributed by atoms with van der Waals surface area (Å²) in [5.41, 5.74) is 6.17. The number of nitrogens with zero attached hydrogens (tertiary/aromatic N) is 2. The fourth-order valence-corrected chi connectivity index (χ4v) is 4.39. The average molecular weight is 279 g/mol. The SMILES string of the molecule is CC1C(N)CCCC1C(=O)N1CCCN2CCCC2C1. The molecule has 1 saturated carbocycles. The molecule has 3 rings (SSSR count). The van der Waals surface area contributed by atoms with Gasteiger partial charge in [-0.1, -0.05) is 13.3 Å². The van der Waals surface area contributed by atoms with Crippen LogP contribution in [0.25, 0.3) is 0 Å². The topological polar surface area (TPSA) is 49.6 Å². The van der Waals surface area contributed by atoms with E-state index < -0.39 is 0 Å². The van der Waals surface area contributed by atoms with Crippen LogP contribution in [0.2, 0.25) is 0 Å². The standard InChI is InChI=1S/C16H29N3O/c1-12-14(6-2-7-15(12)17)16(20)19-10-4-9-18-8-3-5-13(18)11-19/h12-15H,2-11,17H2,1H3. The van der Waals surface area contributed by atoms with Crippen molar-refractivity contribution in [1.82, 2.24) is 9.80 Å². The lowest BCUT2D eigenvalue weighted by atomic mass is 9.76. The fourth-order valence-electron chi connectivity index (χ4n) is 4.39. The number of amides is 1. The molecule has 1 aliphatic carbocycles. The zero-order chi connectivity index (χ0) is 14.1. The molecule has 0 radical (unpaired) electrons. The molecule has 3 fully saturated rings. The van der Waals surface area contributed by atoms with Crippen LogP contribution >= 0.6 is 0 Å².